The quantitative estimate of drug-likeness (QED) is 0.375. The summed E-state index contributed by atoms with van der Waals surface area (Å²) in [5.41, 5.74) is 5.13. The fraction of sp³-hybridized carbons (Fsp3) is 0.294. The fourth-order valence-electron chi connectivity index (χ4n) is 2.37. The van der Waals surface area contributed by atoms with E-state index in [1.54, 1.807) is 18.2 Å². The van der Waals surface area contributed by atoms with Crippen LogP contribution in [0.2, 0.25) is 0 Å². The summed E-state index contributed by atoms with van der Waals surface area (Å²) in [6.07, 6.45) is 1.44. The number of thioether (sulfide) groups is 1. The molecular formula is C17H19NO2S. The van der Waals surface area contributed by atoms with Gasteiger partial charge in [-0.3, -0.25) is 4.79 Å². The van der Waals surface area contributed by atoms with Gasteiger partial charge in [0, 0.05) is 17.7 Å². The molecule has 0 N–H and O–H groups in total. The maximum Gasteiger partial charge on any atom is 0.251 e. The highest BCUT2D eigenvalue weighted by molar-refractivity contribution is 7.99. The van der Waals surface area contributed by atoms with Crippen LogP contribution in [0.15, 0.2) is 35.5 Å². The summed E-state index contributed by atoms with van der Waals surface area (Å²) in [6, 6.07) is 7.31. The smallest absolute Gasteiger partial charge is 0.251 e. The van der Waals surface area contributed by atoms with Crippen LogP contribution in [-0.2, 0) is 0 Å². The molecule has 2 rings (SSSR count). The molecule has 0 bridgehead atoms. The Balaban J connectivity index is 2.24. The maximum atomic E-state index is 12.5. The number of carbonyl (C=O) groups excluding carboxylic acids is 1. The zero-order valence-corrected chi connectivity index (χ0v) is 13.6. The van der Waals surface area contributed by atoms with E-state index in [0.717, 1.165) is 32.5 Å². The van der Waals surface area contributed by atoms with Crippen LogP contribution in [0.5, 0.6) is 0 Å². The van der Waals surface area contributed by atoms with Crippen LogP contribution in [0.25, 0.3) is 0 Å². The summed E-state index contributed by atoms with van der Waals surface area (Å²) in [5, 5.41) is 12.1. The summed E-state index contributed by atoms with van der Waals surface area (Å²) >= 11 is 1.28. The van der Waals surface area contributed by atoms with Crippen molar-refractivity contribution in [3.05, 3.63) is 63.5 Å². The van der Waals surface area contributed by atoms with Crippen LogP contribution in [0.1, 0.15) is 32.6 Å². The van der Waals surface area contributed by atoms with E-state index in [-0.39, 0.29) is 11.5 Å². The van der Waals surface area contributed by atoms with E-state index < -0.39 is 0 Å². The molecule has 0 radical (unpaired) electrons. The van der Waals surface area contributed by atoms with Crippen molar-refractivity contribution in [1.82, 2.24) is 0 Å². The summed E-state index contributed by atoms with van der Waals surface area (Å²) in [6.45, 7) is 8.01. The molecule has 0 aliphatic heterocycles. The van der Waals surface area contributed by atoms with Crippen LogP contribution < -0.4 is 4.73 Å². The third-order valence-corrected chi connectivity index (χ3v) is 4.80. The molecule has 0 unspecified atom stereocenters. The Morgan fingerprint density at radius 1 is 1.14 bits per heavy atom. The van der Waals surface area contributed by atoms with Gasteiger partial charge in [-0.1, -0.05) is 6.07 Å². The Labute approximate surface area is 129 Å². The van der Waals surface area contributed by atoms with Crippen molar-refractivity contribution in [2.45, 2.75) is 32.7 Å². The summed E-state index contributed by atoms with van der Waals surface area (Å²) in [7, 11) is 0. The van der Waals surface area contributed by atoms with Crippen molar-refractivity contribution in [3.63, 3.8) is 0 Å². The molecule has 1 aromatic heterocycles. The molecule has 0 spiro atoms. The number of aryl methyl sites for hydroxylation is 2. The lowest BCUT2D eigenvalue weighted by atomic mass is 9.92. The average Bonchev–Trinajstić information content (AvgIpc) is 2.44. The molecule has 1 aromatic carbocycles. The van der Waals surface area contributed by atoms with Crippen LogP contribution >= 0.6 is 11.8 Å². The molecule has 0 fully saturated rings. The van der Waals surface area contributed by atoms with Crippen LogP contribution in [-0.4, -0.2) is 11.5 Å². The van der Waals surface area contributed by atoms with Gasteiger partial charge in [0.15, 0.2) is 12.0 Å². The zero-order valence-electron chi connectivity index (χ0n) is 12.8. The minimum Gasteiger partial charge on any atom is -0.618 e. The number of nitrogens with zero attached hydrogens (tertiary/aromatic N) is 1. The Kier molecular flexibility index (Phi) is 4.68. The molecule has 1 heterocycles. The molecule has 0 saturated carbocycles. The van der Waals surface area contributed by atoms with Crippen LogP contribution in [0, 0.1) is 32.9 Å². The topological polar surface area (TPSA) is 44.0 Å². The molecule has 21 heavy (non-hydrogen) atoms. The molecule has 0 aliphatic carbocycles. The lowest BCUT2D eigenvalue weighted by Gasteiger charge is -2.14. The van der Waals surface area contributed by atoms with Gasteiger partial charge >= 0.3 is 0 Å². The summed E-state index contributed by atoms with van der Waals surface area (Å²) in [5.74, 6) is 0.349. The lowest BCUT2D eigenvalue weighted by molar-refractivity contribution is -0.645. The maximum absolute atomic E-state index is 12.5. The molecule has 110 valence electrons. The first kappa shape index (κ1) is 15.6. The normalized spacial score (nSPS) is 10.7. The van der Waals surface area contributed by atoms with Crippen LogP contribution in [0.4, 0.5) is 0 Å². The van der Waals surface area contributed by atoms with E-state index in [1.807, 2.05) is 27.7 Å². The van der Waals surface area contributed by atoms with Gasteiger partial charge in [0.2, 0.25) is 0 Å². The molecule has 0 amide bonds. The predicted octanol–water partition coefficient (Wildman–Crippen LogP) is 3.53. The first-order valence-electron chi connectivity index (χ1n) is 6.83. The second kappa shape index (κ2) is 6.31. The van der Waals surface area contributed by atoms with E-state index in [9.17, 15) is 10.0 Å². The largest absolute Gasteiger partial charge is 0.618 e. The van der Waals surface area contributed by atoms with E-state index >= 15 is 0 Å². The number of aromatic nitrogens is 1. The summed E-state index contributed by atoms with van der Waals surface area (Å²) in [4.78, 5) is 12.5. The fourth-order valence-corrected chi connectivity index (χ4v) is 3.16. The molecule has 0 atom stereocenters. The van der Waals surface area contributed by atoms with Gasteiger partial charge < -0.3 is 5.21 Å². The third-order valence-electron chi connectivity index (χ3n) is 3.78. The number of benzene rings is 1. The van der Waals surface area contributed by atoms with Gasteiger partial charge in [0.25, 0.3) is 5.03 Å². The SMILES string of the molecule is Cc1cc(C)c(C)c(C(=O)CSc2cccc[n+]2[O-])c1C. The Morgan fingerprint density at radius 3 is 2.33 bits per heavy atom. The standard InChI is InChI=1S/C17H19NO2S/c1-11-9-12(2)14(4)17(13(11)3)15(19)10-21-16-7-5-6-8-18(16)20/h5-9H,10H2,1-4H3. The molecular weight excluding hydrogens is 282 g/mol. The van der Waals surface area contributed by atoms with E-state index in [1.165, 1.54) is 18.0 Å². The van der Waals surface area contributed by atoms with E-state index in [4.69, 9.17) is 0 Å². The molecule has 4 heteroatoms. The van der Waals surface area contributed by atoms with Crippen molar-refractivity contribution in [3.8, 4) is 0 Å². The number of carbonyl (C=O) groups is 1. The van der Waals surface area contributed by atoms with Gasteiger partial charge in [-0.15, -0.1) is 0 Å². The number of rotatable bonds is 4. The first-order valence-corrected chi connectivity index (χ1v) is 7.82. The van der Waals surface area contributed by atoms with Crippen molar-refractivity contribution < 1.29 is 9.52 Å². The van der Waals surface area contributed by atoms with Gasteiger partial charge in [0.05, 0.1) is 5.75 Å². The first-order chi connectivity index (χ1) is 9.91. The molecule has 0 aliphatic rings. The molecule has 3 nitrogen and oxygen atoms in total. The van der Waals surface area contributed by atoms with Crippen molar-refractivity contribution in [2.75, 3.05) is 5.75 Å². The third kappa shape index (κ3) is 3.27. The molecule has 0 saturated heterocycles. The zero-order chi connectivity index (χ0) is 15.6. The van der Waals surface area contributed by atoms with E-state index in [2.05, 4.69) is 6.07 Å². The number of pyridine rings is 1. The van der Waals surface area contributed by atoms with Crippen molar-refractivity contribution in [2.24, 2.45) is 0 Å². The minimum atomic E-state index is 0.0747. The number of Topliss-reactive ketones (excluding diaryl/α,β-unsaturated/α-hetero) is 1. The molecule has 2 aromatic rings. The van der Waals surface area contributed by atoms with Gasteiger partial charge in [-0.25, -0.2) is 0 Å². The van der Waals surface area contributed by atoms with Crippen LogP contribution in [0.3, 0.4) is 0 Å². The second-order valence-corrected chi connectivity index (χ2v) is 6.21. The Hall–Kier alpha value is -1.81. The minimum absolute atomic E-state index is 0.0747. The highest BCUT2D eigenvalue weighted by Crippen LogP contribution is 2.24. The monoisotopic (exact) mass is 301 g/mol. The number of ketones is 1. The number of hydrogen-bond acceptors (Lipinski definition) is 3. The lowest BCUT2D eigenvalue weighted by Crippen LogP contribution is -2.28. The summed E-state index contributed by atoms with van der Waals surface area (Å²) < 4.78 is 0.791. The second-order valence-electron chi connectivity index (χ2n) is 5.21. The predicted molar refractivity (Wildman–Crippen MR) is 85.8 cm³/mol. The number of hydrogen-bond donors (Lipinski definition) is 0. The Bertz CT molecular complexity index is 669. The highest BCUT2D eigenvalue weighted by Gasteiger charge is 2.17. The van der Waals surface area contributed by atoms with Gasteiger partial charge in [-0.05, 0) is 67.8 Å². The Morgan fingerprint density at radius 2 is 1.76 bits per heavy atom. The van der Waals surface area contributed by atoms with Crippen molar-refractivity contribution in [1.29, 1.82) is 0 Å². The van der Waals surface area contributed by atoms with E-state index in [0.29, 0.717) is 5.03 Å². The van der Waals surface area contributed by atoms with Gasteiger partial charge in [-0.2, -0.15) is 4.73 Å². The van der Waals surface area contributed by atoms with Crippen molar-refractivity contribution >= 4 is 17.5 Å². The highest BCUT2D eigenvalue weighted by atomic mass is 32.2. The van der Waals surface area contributed by atoms with Gasteiger partial charge in [0.1, 0.15) is 0 Å². The average molecular weight is 301 g/mol.